The zero-order valence-electron chi connectivity index (χ0n) is 16.7. The van der Waals surface area contributed by atoms with E-state index in [1.807, 2.05) is 13.0 Å². The standard InChI is InChI=1S/C22H32ClFN2O2/c1-2-25-21(27)22(10-13-28-14-11-22)26-12-9-16-3-5-17(6-4-16)19-8-7-18(24)15-20(19)23/h7-8,15-17,26H,2-6,9-14H2,1H3,(H,25,27). The fourth-order valence-electron chi connectivity index (χ4n) is 4.64. The highest BCUT2D eigenvalue weighted by atomic mass is 35.5. The molecular weight excluding hydrogens is 379 g/mol. The van der Waals surface area contributed by atoms with Gasteiger partial charge < -0.3 is 15.4 Å². The van der Waals surface area contributed by atoms with Gasteiger partial charge >= 0.3 is 0 Å². The summed E-state index contributed by atoms with van der Waals surface area (Å²) in [5, 5.41) is 7.10. The lowest BCUT2D eigenvalue weighted by atomic mass is 9.77. The highest BCUT2D eigenvalue weighted by molar-refractivity contribution is 6.31. The van der Waals surface area contributed by atoms with Gasteiger partial charge in [-0.3, -0.25) is 4.79 Å². The van der Waals surface area contributed by atoms with Crippen molar-refractivity contribution in [1.29, 1.82) is 0 Å². The number of halogens is 2. The molecule has 1 aliphatic heterocycles. The van der Waals surface area contributed by atoms with Crippen molar-refractivity contribution in [2.24, 2.45) is 5.92 Å². The summed E-state index contributed by atoms with van der Waals surface area (Å²) in [6.07, 6.45) is 7.01. The molecule has 0 spiro atoms. The Morgan fingerprint density at radius 2 is 1.96 bits per heavy atom. The van der Waals surface area contributed by atoms with Crippen LogP contribution in [0.5, 0.6) is 0 Å². The van der Waals surface area contributed by atoms with E-state index in [1.165, 1.54) is 12.1 Å². The number of likely N-dealkylation sites (N-methyl/N-ethyl adjacent to an activating group) is 1. The molecule has 28 heavy (non-hydrogen) atoms. The summed E-state index contributed by atoms with van der Waals surface area (Å²) in [4.78, 5) is 12.6. The summed E-state index contributed by atoms with van der Waals surface area (Å²) >= 11 is 6.24. The number of benzene rings is 1. The molecule has 1 aliphatic carbocycles. The SMILES string of the molecule is CCNC(=O)C1(NCCC2CCC(c3ccc(F)cc3Cl)CC2)CCOCC1. The zero-order chi connectivity index (χ0) is 20.0. The fourth-order valence-corrected chi connectivity index (χ4v) is 4.97. The van der Waals surface area contributed by atoms with E-state index in [9.17, 15) is 9.18 Å². The average molecular weight is 411 g/mol. The summed E-state index contributed by atoms with van der Waals surface area (Å²) in [5.41, 5.74) is 0.602. The number of hydrogen-bond donors (Lipinski definition) is 2. The van der Waals surface area contributed by atoms with E-state index in [0.717, 1.165) is 57.1 Å². The summed E-state index contributed by atoms with van der Waals surface area (Å²) in [7, 11) is 0. The molecule has 1 amide bonds. The van der Waals surface area contributed by atoms with Crippen molar-refractivity contribution in [3.8, 4) is 0 Å². The number of nitrogens with one attached hydrogen (secondary N) is 2. The quantitative estimate of drug-likeness (QED) is 0.699. The third-order valence-electron chi connectivity index (χ3n) is 6.38. The van der Waals surface area contributed by atoms with E-state index in [2.05, 4.69) is 10.6 Å². The van der Waals surface area contributed by atoms with E-state index in [0.29, 0.717) is 36.6 Å². The Morgan fingerprint density at radius 1 is 1.25 bits per heavy atom. The predicted octanol–water partition coefficient (Wildman–Crippen LogP) is 4.42. The zero-order valence-corrected chi connectivity index (χ0v) is 17.5. The minimum absolute atomic E-state index is 0.105. The molecule has 1 aromatic carbocycles. The van der Waals surface area contributed by atoms with Gasteiger partial charge in [0.05, 0.1) is 0 Å². The molecule has 0 atom stereocenters. The van der Waals surface area contributed by atoms with Crippen LogP contribution in [0.3, 0.4) is 0 Å². The third kappa shape index (κ3) is 5.25. The molecular formula is C22H32ClFN2O2. The van der Waals surface area contributed by atoms with Gasteiger partial charge in [-0.1, -0.05) is 17.7 Å². The first-order valence-corrected chi connectivity index (χ1v) is 11.0. The Balaban J connectivity index is 1.47. The van der Waals surface area contributed by atoms with Crippen molar-refractivity contribution in [3.05, 3.63) is 34.6 Å². The van der Waals surface area contributed by atoms with Crippen LogP contribution in [0.25, 0.3) is 0 Å². The first-order chi connectivity index (χ1) is 13.5. The first-order valence-electron chi connectivity index (χ1n) is 10.6. The van der Waals surface area contributed by atoms with Gasteiger partial charge in [-0.25, -0.2) is 4.39 Å². The Labute approximate surface area is 172 Å². The van der Waals surface area contributed by atoms with E-state index in [-0.39, 0.29) is 11.7 Å². The first kappa shape index (κ1) is 21.5. The molecule has 0 unspecified atom stereocenters. The number of carbonyl (C=O) groups excluding carboxylic acids is 1. The van der Waals surface area contributed by atoms with Crippen molar-refractivity contribution in [1.82, 2.24) is 10.6 Å². The lowest BCUT2D eigenvalue weighted by Gasteiger charge is -2.37. The molecule has 1 saturated carbocycles. The van der Waals surface area contributed by atoms with Crippen LogP contribution in [0.4, 0.5) is 4.39 Å². The van der Waals surface area contributed by atoms with Crippen molar-refractivity contribution < 1.29 is 13.9 Å². The molecule has 2 fully saturated rings. The van der Waals surface area contributed by atoms with E-state index in [1.54, 1.807) is 0 Å². The maximum Gasteiger partial charge on any atom is 0.240 e. The second kappa shape index (κ2) is 10.0. The molecule has 6 heteroatoms. The summed E-state index contributed by atoms with van der Waals surface area (Å²) < 4.78 is 18.7. The second-order valence-corrected chi connectivity index (χ2v) is 8.56. The molecule has 4 nitrogen and oxygen atoms in total. The molecule has 1 heterocycles. The molecule has 1 saturated heterocycles. The average Bonchev–Trinajstić information content (AvgIpc) is 2.70. The molecule has 2 N–H and O–H groups in total. The van der Waals surface area contributed by atoms with Crippen LogP contribution >= 0.6 is 11.6 Å². The topological polar surface area (TPSA) is 50.4 Å². The minimum Gasteiger partial charge on any atom is -0.381 e. The Bertz CT molecular complexity index is 656. The smallest absolute Gasteiger partial charge is 0.240 e. The summed E-state index contributed by atoms with van der Waals surface area (Å²) in [6.45, 7) is 4.72. The van der Waals surface area contributed by atoms with Gasteiger partial charge in [-0.05, 0) is 87.9 Å². The third-order valence-corrected chi connectivity index (χ3v) is 6.71. The Hall–Kier alpha value is -1.17. The molecule has 1 aromatic rings. The van der Waals surface area contributed by atoms with E-state index < -0.39 is 5.54 Å². The van der Waals surface area contributed by atoms with Gasteiger partial charge in [0.2, 0.25) is 5.91 Å². The lowest BCUT2D eigenvalue weighted by molar-refractivity contribution is -0.131. The molecule has 156 valence electrons. The number of hydrogen-bond acceptors (Lipinski definition) is 3. The Morgan fingerprint density at radius 3 is 2.61 bits per heavy atom. The predicted molar refractivity (Wildman–Crippen MR) is 110 cm³/mol. The minimum atomic E-state index is -0.479. The van der Waals surface area contributed by atoms with Crippen LogP contribution in [0, 0.1) is 11.7 Å². The van der Waals surface area contributed by atoms with Gasteiger partial charge in [-0.2, -0.15) is 0 Å². The number of rotatable bonds is 7. The van der Waals surface area contributed by atoms with Crippen LogP contribution in [-0.2, 0) is 9.53 Å². The van der Waals surface area contributed by atoms with Gasteiger partial charge in [0.25, 0.3) is 0 Å². The van der Waals surface area contributed by atoms with Crippen LogP contribution in [0.15, 0.2) is 18.2 Å². The van der Waals surface area contributed by atoms with Gasteiger partial charge in [0.15, 0.2) is 0 Å². The highest BCUT2D eigenvalue weighted by Crippen LogP contribution is 2.39. The van der Waals surface area contributed by atoms with E-state index in [4.69, 9.17) is 16.3 Å². The summed E-state index contributed by atoms with van der Waals surface area (Å²) in [6, 6.07) is 4.76. The van der Waals surface area contributed by atoms with Crippen molar-refractivity contribution in [3.63, 3.8) is 0 Å². The number of ether oxygens (including phenoxy) is 1. The van der Waals surface area contributed by atoms with Crippen molar-refractivity contribution in [2.75, 3.05) is 26.3 Å². The Kier molecular flexibility index (Phi) is 7.72. The summed E-state index contributed by atoms with van der Waals surface area (Å²) in [5.74, 6) is 0.916. The maximum absolute atomic E-state index is 13.3. The molecule has 2 aliphatic rings. The van der Waals surface area contributed by atoms with Crippen molar-refractivity contribution >= 4 is 17.5 Å². The molecule has 0 bridgehead atoms. The molecule has 0 radical (unpaired) electrons. The van der Waals surface area contributed by atoms with Crippen LogP contribution in [0.2, 0.25) is 5.02 Å². The monoisotopic (exact) mass is 410 g/mol. The lowest BCUT2D eigenvalue weighted by Crippen LogP contribution is -2.60. The van der Waals surface area contributed by atoms with E-state index >= 15 is 0 Å². The van der Waals surface area contributed by atoms with Gasteiger partial charge in [0.1, 0.15) is 11.4 Å². The number of amides is 1. The number of carbonyl (C=O) groups is 1. The van der Waals surface area contributed by atoms with Gasteiger partial charge in [0, 0.05) is 24.8 Å². The molecule has 0 aromatic heterocycles. The van der Waals surface area contributed by atoms with Crippen LogP contribution < -0.4 is 10.6 Å². The fraction of sp³-hybridized carbons (Fsp3) is 0.682. The highest BCUT2D eigenvalue weighted by Gasteiger charge is 2.39. The normalized spacial score (nSPS) is 24.7. The largest absolute Gasteiger partial charge is 0.381 e. The second-order valence-electron chi connectivity index (χ2n) is 8.15. The van der Waals surface area contributed by atoms with Crippen molar-refractivity contribution in [2.45, 2.75) is 63.3 Å². The molecule has 3 rings (SSSR count). The van der Waals surface area contributed by atoms with Crippen LogP contribution in [0.1, 0.15) is 63.4 Å². The van der Waals surface area contributed by atoms with Crippen LogP contribution in [-0.4, -0.2) is 37.7 Å². The maximum atomic E-state index is 13.3. The van der Waals surface area contributed by atoms with Gasteiger partial charge in [-0.15, -0.1) is 0 Å².